The molecule has 1 amide bonds. The lowest BCUT2D eigenvalue weighted by Gasteiger charge is -2.15. The van der Waals surface area contributed by atoms with Crippen molar-refractivity contribution in [1.29, 1.82) is 0 Å². The predicted octanol–water partition coefficient (Wildman–Crippen LogP) is 6.00. The minimum absolute atomic E-state index is 0.141. The molecule has 0 atom stereocenters. The Hall–Kier alpha value is -3.38. The van der Waals surface area contributed by atoms with Crippen LogP contribution in [0.15, 0.2) is 78.0 Å². The van der Waals surface area contributed by atoms with Crippen molar-refractivity contribution in [3.8, 4) is 5.69 Å². The summed E-state index contributed by atoms with van der Waals surface area (Å²) in [7, 11) is 0. The normalized spacial score (nSPS) is 13.4. The van der Waals surface area contributed by atoms with Gasteiger partial charge in [-0.05, 0) is 61.6 Å². The fourth-order valence-corrected chi connectivity index (χ4v) is 5.50. The lowest BCUT2D eigenvalue weighted by Crippen LogP contribution is -2.27. The highest BCUT2D eigenvalue weighted by Crippen LogP contribution is 2.28. The maximum atomic E-state index is 12.6. The first-order valence-electron chi connectivity index (χ1n) is 12.2. The number of hydrogen-bond acceptors (Lipinski definition) is 4. The maximum Gasteiger partial charge on any atom is 0.253 e. The first kappa shape index (κ1) is 23.4. The number of carbonyl (C=O) groups excluding carboxylic acids is 1. The number of aromatic nitrogens is 3. The van der Waals surface area contributed by atoms with Crippen LogP contribution < -0.4 is 0 Å². The zero-order valence-electron chi connectivity index (χ0n) is 20.3. The molecule has 0 N–H and O–H groups in total. The van der Waals surface area contributed by atoms with E-state index in [1.807, 2.05) is 23.1 Å². The Morgan fingerprint density at radius 1 is 0.886 bits per heavy atom. The highest BCUT2D eigenvalue weighted by molar-refractivity contribution is 7.98. The van der Waals surface area contributed by atoms with Gasteiger partial charge in [0.05, 0.1) is 5.69 Å². The van der Waals surface area contributed by atoms with Crippen molar-refractivity contribution < 1.29 is 4.79 Å². The molecule has 5 rings (SSSR count). The lowest BCUT2D eigenvalue weighted by atomic mass is 10.1. The van der Waals surface area contributed by atoms with Gasteiger partial charge in [-0.15, -0.1) is 10.2 Å². The molecule has 6 heteroatoms. The molecule has 0 radical (unpaired) electrons. The number of benzene rings is 3. The molecular weight excluding hydrogens is 452 g/mol. The summed E-state index contributed by atoms with van der Waals surface area (Å²) in [5.74, 6) is 1.83. The molecule has 5 nitrogen and oxygen atoms in total. The Balaban J connectivity index is 1.38. The third-order valence-corrected chi connectivity index (χ3v) is 7.46. The van der Waals surface area contributed by atoms with E-state index in [1.165, 1.54) is 16.7 Å². The summed E-state index contributed by atoms with van der Waals surface area (Å²) in [5.41, 5.74) is 6.69. The van der Waals surface area contributed by atoms with Crippen molar-refractivity contribution in [2.75, 3.05) is 13.1 Å². The van der Waals surface area contributed by atoms with E-state index in [9.17, 15) is 4.79 Å². The lowest BCUT2D eigenvalue weighted by molar-refractivity contribution is 0.0793. The Labute approximate surface area is 211 Å². The summed E-state index contributed by atoms with van der Waals surface area (Å²) in [5, 5.41) is 10.0. The quantitative estimate of drug-likeness (QED) is 0.303. The van der Waals surface area contributed by atoms with Crippen molar-refractivity contribution in [3.05, 3.63) is 106 Å². The van der Waals surface area contributed by atoms with Gasteiger partial charge >= 0.3 is 0 Å². The van der Waals surface area contributed by atoms with Gasteiger partial charge in [-0.1, -0.05) is 71.9 Å². The fraction of sp³-hybridized carbons (Fsp3) is 0.276. The molecule has 1 aliphatic rings. The Morgan fingerprint density at radius 3 is 2.34 bits per heavy atom. The Kier molecular flexibility index (Phi) is 7.00. The van der Waals surface area contributed by atoms with E-state index in [-0.39, 0.29) is 5.91 Å². The first-order valence-corrected chi connectivity index (χ1v) is 13.1. The van der Waals surface area contributed by atoms with E-state index < -0.39 is 0 Å². The van der Waals surface area contributed by atoms with E-state index in [0.29, 0.717) is 0 Å². The monoisotopic (exact) mass is 482 g/mol. The number of hydrogen-bond donors (Lipinski definition) is 0. The molecule has 2 heterocycles. The number of aryl methyl sites for hydroxylation is 2. The van der Waals surface area contributed by atoms with Gasteiger partial charge in [0.1, 0.15) is 5.82 Å². The molecule has 0 aliphatic carbocycles. The number of thioether (sulfide) groups is 1. The summed E-state index contributed by atoms with van der Waals surface area (Å²) in [4.78, 5) is 14.6. The summed E-state index contributed by atoms with van der Waals surface area (Å²) in [6.45, 7) is 5.99. The van der Waals surface area contributed by atoms with Gasteiger partial charge in [0.25, 0.3) is 5.91 Å². The summed E-state index contributed by atoms with van der Waals surface area (Å²) < 4.78 is 2.19. The average Bonchev–Trinajstić information content (AvgIpc) is 3.54. The van der Waals surface area contributed by atoms with Crippen LogP contribution in [0.3, 0.4) is 0 Å². The number of amides is 1. The average molecular weight is 483 g/mol. The van der Waals surface area contributed by atoms with Crippen molar-refractivity contribution in [1.82, 2.24) is 19.7 Å². The smallest absolute Gasteiger partial charge is 0.253 e. The SMILES string of the molecule is Cc1ccc(-n2c(Cc3ccccc3)nnc2SCc2ccc(C(=O)N3CCCC3)cc2)c(C)c1. The van der Waals surface area contributed by atoms with E-state index in [4.69, 9.17) is 0 Å². The standard InChI is InChI=1S/C29H30N4OS/c1-21-10-15-26(22(2)18-21)33-27(19-23-8-4-3-5-9-23)30-31-29(33)35-20-24-11-13-25(14-12-24)28(34)32-16-6-7-17-32/h3-5,8-15,18H,6-7,16-17,19-20H2,1-2H3. The predicted molar refractivity (Wildman–Crippen MR) is 141 cm³/mol. The molecule has 1 aliphatic heterocycles. The number of rotatable bonds is 7. The van der Waals surface area contributed by atoms with E-state index in [1.54, 1.807) is 11.8 Å². The third kappa shape index (κ3) is 5.33. The number of carbonyl (C=O) groups is 1. The van der Waals surface area contributed by atoms with Gasteiger partial charge in [0, 0.05) is 30.8 Å². The zero-order valence-corrected chi connectivity index (χ0v) is 21.1. The van der Waals surface area contributed by atoms with E-state index >= 15 is 0 Å². The molecule has 0 saturated carbocycles. The van der Waals surface area contributed by atoms with Crippen molar-refractivity contribution in [2.24, 2.45) is 0 Å². The van der Waals surface area contributed by atoms with Gasteiger partial charge in [-0.2, -0.15) is 0 Å². The molecule has 1 aromatic heterocycles. The van der Waals surface area contributed by atoms with Crippen LogP contribution in [0, 0.1) is 13.8 Å². The van der Waals surface area contributed by atoms with Crippen molar-refractivity contribution in [2.45, 2.75) is 44.0 Å². The minimum atomic E-state index is 0.141. The fourth-order valence-electron chi connectivity index (χ4n) is 4.58. The second-order valence-corrected chi connectivity index (χ2v) is 10.1. The highest BCUT2D eigenvalue weighted by atomic mass is 32.2. The summed E-state index contributed by atoms with van der Waals surface area (Å²) >= 11 is 1.67. The zero-order chi connectivity index (χ0) is 24.2. The van der Waals surface area contributed by atoms with E-state index in [2.05, 4.69) is 83.2 Å². The van der Waals surface area contributed by atoms with Crippen LogP contribution in [0.4, 0.5) is 0 Å². The molecular formula is C29H30N4OS. The largest absolute Gasteiger partial charge is 0.339 e. The summed E-state index contributed by atoms with van der Waals surface area (Å²) in [6, 6.07) is 24.9. The molecule has 0 spiro atoms. The van der Waals surface area contributed by atoms with Crippen LogP contribution in [0.2, 0.25) is 0 Å². The molecule has 1 saturated heterocycles. The second kappa shape index (κ2) is 10.5. The van der Waals surface area contributed by atoms with Gasteiger partial charge < -0.3 is 4.90 Å². The molecule has 0 bridgehead atoms. The van der Waals surface area contributed by atoms with Crippen LogP contribution in [0.25, 0.3) is 5.69 Å². The van der Waals surface area contributed by atoms with Crippen molar-refractivity contribution >= 4 is 17.7 Å². The molecule has 0 unspecified atom stereocenters. The minimum Gasteiger partial charge on any atom is -0.339 e. The topological polar surface area (TPSA) is 51.0 Å². The Bertz CT molecular complexity index is 1310. The van der Waals surface area contributed by atoms with Crippen LogP contribution in [-0.4, -0.2) is 38.7 Å². The van der Waals surface area contributed by atoms with Gasteiger partial charge in [-0.25, -0.2) is 0 Å². The Morgan fingerprint density at radius 2 is 1.63 bits per heavy atom. The van der Waals surface area contributed by atoms with Crippen LogP contribution >= 0.6 is 11.8 Å². The molecule has 178 valence electrons. The number of nitrogens with zero attached hydrogens (tertiary/aromatic N) is 4. The maximum absolute atomic E-state index is 12.6. The first-order chi connectivity index (χ1) is 17.1. The van der Waals surface area contributed by atoms with Gasteiger partial charge in [0.2, 0.25) is 0 Å². The highest BCUT2D eigenvalue weighted by Gasteiger charge is 2.20. The number of likely N-dealkylation sites (tertiary alicyclic amines) is 1. The van der Waals surface area contributed by atoms with Crippen LogP contribution in [0.1, 0.15) is 51.3 Å². The van der Waals surface area contributed by atoms with Gasteiger partial charge in [-0.3, -0.25) is 9.36 Å². The van der Waals surface area contributed by atoms with E-state index in [0.717, 1.165) is 65.9 Å². The molecule has 35 heavy (non-hydrogen) atoms. The molecule has 3 aromatic carbocycles. The molecule has 1 fully saturated rings. The summed E-state index contributed by atoms with van der Waals surface area (Å²) in [6.07, 6.45) is 2.93. The van der Waals surface area contributed by atoms with Crippen LogP contribution in [0.5, 0.6) is 0 Å². The van der Waals surface area contributed by atoms with Crippen LogP contribution in [-0.2, 0) is 12.2 Å². The third-order valence-electron chi connectivity index (χ3n) is 6.46. The van der Waals surface area contributed by atoms with Crippen molar-refractivity contribution in [3.63, 3.8) is 0 Å². The molecule has 4 aromatic rings. The van der Waals surface area contributed by atoms with Gasteiger partial charge in [0.15, 0.2) is 5.16 Å². The second-order valence-electron chi connectivity index (χ2n) is 9.17.